The van der Waals surface area contributed by atoms with Crippen molar-refractivity contribution in [2.75, 3.05) is 13.2 Å². The number of benzene rings is 2. The Labute approximate surface area is 125 Å². The lowest BCUT2D eigenvalue weighted by Crippen LogP contribution is -2.34. The highest BCUT2D eigenvalue weighted by atomic mass is 16.7. The summed E-state index contributed by atoms with van der Waals surface area (Å²) >= 11 is 0. The van der Waals surface area contributed by atoms with E-state index in [1.807, 2.05) is 49.4 Å². The topological polar surface area (TPSA) is 27.7 Å². The zero-order valence-electron chi connectivity index (χ0n) is 12.2. The van der Waals surface area contributed by atoms with E-state index in [-0.39, 0.29) is 0 Å². The van der Waals surface area contributed by atoms with Gasteiger partial charge in [-0.3, -0.25) is 0 Å². The molecule has 110 valence electrons. The molecule has 0 spiro atoms. The fourth-order valence-electron chi connectivity index (χ4n) is 2.41. The molecule has 1 aliphatic heterocycles. The highest BCUT2D eigenvalue weighted by molar-refractivity contribution is 5.31. The molecule has 1 aliphatic rings. The van der Waals surface area contributed by atoms with Crippen molar-refractivity contribution >= 4 is 0 Å². The van der Waals surface area contributed by atoms with Gasteiger partial charge >= 0.3 is 0 Å². The van der Waals surface area contributed by atoms with Crippen LogP contribution in [0.25, 0.3) is 0 Å². The molecule has 0 atom stereocenters. The predicted octanol–water partition coefficient (Wildman–Crippen LogP) is 3.88. The van der Waals surface area contributed by atoms with Gasteiger partial charge in [0.2, 0.25) is 0 Å². The quantitative estimate of drug-likeness (QED) is 0.853. The van der Waals surface area contributed by atoms with Crippen molar-refractivity contribution in [2.24, 2.45) is 0 Å². The third-order valence-corrected chi connectivity index (χ3v) is 3.65. The Morgan fingerprint density at radius 2 is 1.76 bits per heavy atom. The van der Waals surface area contributed by atoms with Gasteiger partial charge in [-0.2, -0.15) is 0 Å². The SMILES string of the molecule is CC1(c2cccc(OCc3ccccc3)c2)OCCCO1. The van der Waals surface area contributed by atoms with Crippen molar-refractivity contribution in [1.29, 1.82) is 0 Å². The molecule has 1 fully saturated rings. The molecule has 21 heavy (non-hydrogen) atoms. The molecule has 0 aromatic heterocycles. The van der Waals surface area contributed by atoms with Crippen molar-refractivity contribution in [3.8, 4) is 5.75 Å². The van der Waals surface area contributed by atoms with E-state index >= 15 is 0 Å². The molecule has 0 bridgehead atoms. The minimum atomic E-state index is -0.662. The summed E-state index contributed by atoms with van der Waals surface area (Å²) in [6, 6.07) is 18.1. The van der Waals surface area contributed by atoms with E-state index in [1.54, 1.807) is 0 Å². The number of hydrogen-bond acceptors (Lipinski definition) is 3. The minimum Gasteiger partial charge on any atom is -0.489 e. The van der Waals surface area contributed by atoms with Gasteiger partial charge < -0.3 is 14.2 Å². The van der Waals surface area contributed by atoms with Crippen LogP contribution in [0.1, 0.15) is 24.5 Å². The van der Waals surface area contributed by atoms with Crippen LogP contribution in [0.4, 0.5) is 0 Å². The lowest BCUT2D eigenvalue weighted by Gasteiger charge is -2.34. The van der Waals surface area contributed by atoms with Crippen LogP contribution in [0.5, 0.6) is 5.75 Å². The molecular formula is C18H20O3. The fourth-order valence-corrected chi connectivity index (χ4v) is 2.41. The largest absolute Gasteiger partial charge is 0.489 e. The van der Waals surface area contributed by atoms with Crippen LogP contribution < -0.4 is 4.74 Å². The van der Waals surface area contributed by atoms with Crippen LogP contribution in [0.2, 0.25) is 0 Å². The highest BCUT2D eigenvalue weighted by Crippen LogP contribution is 2.32. The molecular weight excluding hydrogens is 264 g/mol. The first-order valence-electron chi connectivity index (χ1n) is 7.31. The third-order valence-electron chi connectivity index (χ3n) is 3.65. The summed E-state index contributed by atoms with van der Waals surface area (Å²) in [6.07, 6.45) is 0.944. The molecule has 0 unspecified atom stereocenters. The Morgan fingerprint density at radius 1 is 1.00 bits per heavy atom. The van der Waals surface area contributed by atoms with Gasteiger partial charge in [0.15, 0.2) is 5.79 Å². The van der Waals surface area contributed by atoms with Crippen LogP contribution in [-0.4, -0.2) is 13.2 Å². The summed E-state index contributed by atoms with van der Waals surface area (Å²) in [5.41, 5.74) is 2.15. The van der Waals surface area contributed by atoms with Crippen LogP contribution in [-0.2, 0) is 21.9 Å². The zero-order chi connectivity index (χ0) is 14.5. The highest BCUT2D eigenvalue weighted by Gasteiger charge is 2.31. The Hall–Kier alpha value is -1.84. The maximum atomic E-state index is 5.86. The van der Waals surface area contributed by atoms with E-state index in [4.69, 9.17) is 14.2 Å². The molecule has 0 amide bonds. The molecule has 3 heteroatoms. The smallest absolute Gasteiger partial charge is 0.192 e. The van der Waals surface area contributed by atoms with Crippen LogP contribution in [0.3, 0.4) is 0 Å². The van der Waals surface area contributed by atoms with E-state index in [0.29, 0.717) is 6.61 Å². The minimum absolute atomic E-state index is 0.558. The van der Waals surface area contributed by atoms with Gasteiger partial charge in [0.05, 0.1) is 13.2 Å². The van der Waals surface area contributed by atoms with Crippen molar-refractivity contribution in [2.45, 2.75) is 25.7 Å². The van der Waals surface area contributed by atoms with Crippen molar-refractivity contribution < 1.29 is 14.2 Å². The molecule has 3 rings (SSSR count). The van der Waals surface area contributed by atoms with E-state index < -0.39 is 5.79 Å². The number of ether oxygens (including phenoxy) is 3. The summed E-state index contributed by atoms with van der Waals surface area (Å²) in [5.74, 6) is 0.167. The van der Waals surface area contributed by atoms with Gasteiger partial charge in [0, 0.05) is 5.56 Å². The Kier molecular flexibility index (Phi) is 4.23. The lowest BCUT2D eigenvalue weighted by molar-refractivity contribution is -0.264. The lowest BCUT2D eigenvalue weighted by atomic mass is 10.1. The maximum Gasteiger partial charge on any atom is 0.192 e. The van der Waals surface area contributed by atoms with Gasteiger partial charge in [0.1, 0.15) is 12.4 Å². The maximum absolute atomic E-state index is 5.86. The molecule has 2 aromatic rings. The molecule has 0 radical (unpaired) electrons. The average molecular weight is 284 g/mol. The van der Waals surface area contributed by atoms with E-state index in [0.717, 1.165) is 36.5 Å². The molecule has 0 saturated carbocycles. The molecule has 1 saturated heterocycles. The molecule has 2 aromatic carbocycles. The van der Waals surface area contributed by atoms with Crippen molar-refractivity contribution in [3.63, 3.8) is 0 Å². The van der Waals surface area contributed by atoms with E-state index in [2.05, 4.69) is 12.1 Å². The van der Waals surface area contributed by atoms with Gasteiger partial charge in [-0.05, 0) is 31.0 Å². The predicted molar refractivity (Wildman–Crippen MR) is 81.1 cm³/mol. The Balaban J connectivity index is 1.71. The first-order valence-corrected chi connectivity index (χ1v) is 7.31. The second kappa shape index (κ2) is 6.29. The van der Waals surface area contributed by atoms with Gasteiger partial charge in [0.25, 0.3) is 0 Å². The monoisotopic (exact) mass is 284 g/mol. The Bertz CT molecular complexity index is 574. The van der Waals surface area contributed by atoms with Gasteiger partial charge in [-0.1, -0.05) is 42.5 Å². The second-order valence-corrected chi connectivity index (χ2v) is 5.30. The van der Waals surface area contributed by atoms with Crippen molar-refractivity contribution in [1.82, 2.24) is 0 Å². The molecule has 3 nitrogen and oxygen atoms in total. The van der Waals surface area contributed by atoms with Crippen LogP contribution in [0.15, 0.2) is 54.6 Å². The second-order valence-electron chi connectivity index (χ2n) is 5.30. The summed E-state index contributed by atoms with van der Waals surface area (Å²) in [6.45, 7) is 3.97. The average Bonchev–Trinajstić information content (AvgIpc) is 2.55. The number of hydrogen-bond donors (Lipinski definition) is 0. The molecule has 0 N–H and O–H groups in total. The van der Waals surface area contributed by atoms with Crippen LogP contribution >= 0.6 is 0 Å². The van der Waals surface area contributed by atoms with Crippen LogP contribution in [0, 0.1) is 0 Å². The number of rotatable bonds is 4. The molecule has 1 heterocycles. The van der Waals surface area contributed by atoms with Crippen molar-refractivity contribution in [3.05, 3.63) is 65.7 Å². The summed E-state index contributed by atoms with van der Waals surface area (Å²) in [7, 11) is 0. The summed E-state index contributed by atoms with van der Waals surface area (Å²) < 4.78 is 17.4. The zero-order valence-corrected chi connectivity index (χ0v) is 12.2. The molecule has 0 aliphatic carbocycles. The summed E-state index contributed by atoms with van der Waals surface area (Å²) in [5, 5.41) is 0. The fraction of sp³-hybridized carbons (Fsp3) is 0.333. The summed E-state index contributed by atoms with van der Waals surface area (Å²) in [4.78, 5) is 0. The first-order chi connectivity index (χ1) is 10.3. The normalized spacial score (nSPS) is 17.4. The Morgan fingerprint density at radius 3 is 2.52 bits per heavy atom. The standard InChI is InChI=1S/C18H20O3/c1-18(20-11-6-12-21-18)16-9-5-10-17(13-16)19-14-15-7-3-2-4-8-15/h2-5,7-10,13H,6,11-12,14H2,1H3. The van der Waals surface area contributed by atoms with Gasteiger partial charge in [-0.25, -0.2) is 0 Å². The van der Waals surface area contributed by atoms with Gasteiger partial charge in [-0.15, -0.1) is 0 Å². The first kappa shape index (κ1) is 14.1. The van der Waals surface area contributed by atoms with E-state index in [1.165, 1.54) is 0 Å². The van der Waals surface area contributed by atoms with E-state index in [9.17, 15) is 0 Å². The third kappa shape index (κ3) is 3.43.